The highest BCUT2D eigenvalue weighted by Gasteiger charge is 2.38. The van der Waals surface area contributed by atoms with Crippen molar-refractivity contribution in [2.45, 2.75) is 11.0 Å². The van der Waals surface area contributed by atoms with Gasteiger partial charge in [0.1, 0.15) is 16.2 Å². The van der Waals surface area contributed by atoms with Crippen molar-refractivity contribution in [1.29, 1.82) is 0 Å². The van der Waals surface area contributed by atoms with Crippen LogP contribution in [0.15, 0.2) is 12.1 Å². The minimum absolute atomic E-state index is 0.172. The fourth-order valence-electron chi connectivity index (χ4n) is 0.997. The maximum Gasteiger partial charge on any atom is 0.420 e. The molecule has 0 atom stereocenters. The first-order chi connectivity index (χ1) is 6.75. The summed E-state index contributed by atoms with van der Waals surface area (Å²) in [5.41, 5.74) is -1.72. The van der Waals surface area contributed by atoms with E-state index in [1.165, 1.54) is 0 Å². The van der Waals surface area contributed by atoms with Crippen molar-refractivity contribution in [1.82, 2.24) is 0 Å². The summed E-state index contributed by atoms with van der Waals surface area (Å²) in [6.45, 7) is 0. The van der Waals surface area contributed by atoms with Gasteiger partial charge >= 0.3 is 6.18 Å². The SMILES string of the molecule is Fc1ccc(C(Cl)Cl)c(Cl)c1C(F)(F)F. The lowest BCUT2D eigenvalue weighted by Crippen LogP contribution is -2.10. The van der Waals surface area contributed by atoms with Crippen LogP contribution in [0.4, 0.5) is 17.6 Å². The summed E-state index contributed by atoms with van der Waals surface area (Å²) in [7, 11) is 0. The third-order valence-corrected chi connectivity index (χ3v) is 2.52. The summed E-state index contributed by atoms with van der Waals surface area (Å²) in [5, 5.41) is -0.808. The zero-order valence-electron chi connectivity index (χ0n) is 6.88. The fraction of sp³-hybridized carbons (Fsp3) is 0.250. The molecule has 1 rings (SSSR count). The van der Waals surface area contributed by atoms with Gasteiger partial charge in [0, 0.05) is 5.56 Å². The topological polar surface area (TPSA) is 0 Å². The molecular formula is C8H3Cl3F4. The van der Waals surface area contributed by atoms with Crippen LogP contribution in [0.2, 0.25) is 5.02 Å². The number of benzene rings is 1. The fourth-order valence-corrected chi connectivity index (χ4v) is 1.84. The Labute approximate surface area is 97.7 Å². The van der Waals surface area contributed by atoms with Crippen LogP contribution in [0.5, 0.6) is 0 Å². The predicted molar refractivity (Wildman–Crippen MR) is 50.9 cm³/mol. The van der Waals surface area contributed by atoms with Crippen molar-refractivity contribution in [3.8, 4) is 0 Å². The van der Waals surface area contributed by atoms with Crippen molar-refractivity contribution < 1.29 is 17.6 Å². The molecule has 0 heterocycles. The molecule has 0 saturated carbocycles. The second-order valence-corrected chi connectivity index (χ2v) is 4.10. The molecule has 84 valence electrons. The van der Waals surface area contributed by atoms with Crippen LogP contribution in [0.1, 0.15) is 16.0 Å². The summed E-state index contributed by atoms with van der Waals surface area (Å²) >= 11 is 16.1. The van der Waals surface area contributed by atoms with Gasteiger partial charge in [-0.05, 0) is 6.07 Å². The van der Waals surface area contributed by atoms with E-state index in [1.54, 1.807) is 0 Å². The molecule has 7 heteroatoms. The van der Waals surface area contributed by atoms with Crippen LogP contribution in [0.25, 0.3) is 0 Å². The lowest BCUT2D eigenvalue weighted by molar-refractivity contribution is -0.139. The predicted octanol–water partition coefficient (Wildman–Crippen LogP) is 4.97. The monoisotopic (exact) mass is 280 g/mol. The van der Waals surface area contributed by atoms with Gasteiger partial charge in [0.2, 0.25) is 0 Å². The Morgan fingerprint density at radius 2 is 1.67 bits per heavy atom. The van der Waals surface area contributed by atoms with Crippen LogP contribution in [0, 0.1) is 5.82 Å². The Morgan fingerprint density at radius 1 is 1.13 bits per heavy atom. The first kappa shape index (κ1) is 12.9. The third-order valence-electron chi connectivity index (χ3n) is 1.64. The van der Waals surface area contributed by atoms with Gasteiger partial charge in [-0.2, -0.15) is 13.2 Å². The van der Waals surface area contributed by atoms with E-state index >= 15 is 0 Å². The van der Waals surface area contributed by atoms with E-state index in [1.807, 2.05) is 0 Å². The van der Waals surface area contributed by atoms with Gasteiger partial charge in [-0.25, -0.2) is 4.39 Å². The lowest BCUT2D eigenvalue weighted by atomic mass is 10.1. The standard InChI is InChI=1S/C8H3Cl3F4/c9-6-3(7(10)11)1-2-4(12)5(6)8(13,14)15/h1-2,7H. The molecule has 0 fully saturated rings. The largest absolute Gasteiger partial charge is 0.420 e. The molecule has 0 spiro atoms. The number of rotatable bonds is 1. The van der Waals surface area contributed by atoms with Crippen LogP contribution < -0.4 is 0 Å². The van der Waals surface area contributed by atoms with Crippen molar-refractivity contribution >= 4 is 34.8 Å². The second-order valence-electron chi connectivity index (χ2n) is 2.62. The van der Waals surface area contributed by atoms with E-state index in [0.717, 1.165) is 6.07 Å². The zero-order chi connectivity index (χ0) is 11.8. The average Bonchev–Trinajstić information content (AvgIpc) is 2.00. The molecule has 0 aliphatic rings. The molecule has 0 amide bonds. The van der Waals surface area contributed by atoms with Gasteiger partial charge in [0.25, 0.3) is 0 Å². The second kappa shape index (κ2) is 4.36. The van der Waals surface area contributed by atoms with Crippen molar-refractivity contribution in [3.63, 3.8) is 0 Å². The summed E-state index contributed by atoms with van der Waals surface area (Å²) in [5.74, 6) is -1.45. The molecule has 0 aliphatic carbocycles. The first-order valence-electron chi connectivity index (χ1n) is 3.58. The summed E-state index contributed by atoms with van der Waals surface area (Å²) in [4.78, 5) is -1.24. The Kier molecular flexibility index (Phi) is 3.74. The Balaban J connectivity index is 3.44. The smallest absolute Gasteiger partial charge is 0.206 e. The van der Waals surface area contributed by atoms with Gasteiger partial charge in [-0.15, -0.1) is 23.2 Å². The van der Waals surface area contributed by atoms with Crippen LogP contribution >= 0.6 is 34.8 Å². The molecule has 0 aliphatic heterocycles. The summed E-state index contributed by atoms with van der Waals surface area (Å²) < 4.78 is 49.9. The number of hydrogen-bond donors (Lipinski definition) is 0. The minimum atomic E-state index is -4.88. The quantitative estimate of drug-likeness (QED) is 0.503. The molecule has 0 nitrogen and oxygen atoms in total. The molecule has 1 aromatic carbocycles. The lowest BCUT2D eigenvalue weighted by Gasteiger charge is -2.13. The molecular weight excluding hydrogens is 278 g/mol. The molecule has 0 aromatic heterocycles. The zero-order valence-corrected chi connectivity index (χ0v) is 9.15. The van der Waals surface area contributed by atoms with Gasteiger partial charge in [0.05, 0.1) is 5.02 Å². The van der Waals surface area contributed by atoms with Crippen LogP contribution in [-0.4, -0.2) is 0 Å². The average molecular weight is 281 g/mol. The summed E-state index contributed by atoms with van der Waals surface area (Å²) in [6.07, 6.45) is -4.88. The molecule has 0 N–H and O–H groups in total. The Morgan fingerprint density at radius 3 is 2.07 bits per heavy atom. The van der Waals surface area contributed by atoms with Crippen molar-refractivity contribution in [2.24, 2.45) is 0 Å². The van der Waals surface area contributed by atoms with Crippen LogP contribution in [-0.2, 0) is 6.18 Å². The van der Waals surface area contributed by atoms with E-state index < -0.39 is 27.4 Å². The van der Waals surface area contributed by atoms with Gasteiger partial charge in [0.15, 0.2) is 0 Å². The van der Waals surface area contributed by atoms with E-state index in [4.69, 9.17) is 34.8 Å². The normalized spacial score (nSPS) is 12.3. The van der Waals surface area contributed by atoms with E-state index in [-0.39, 0.29) is 5.56 Å². The van der Waals surface area contributed by atoms with E-state index in [0.29, 0.717) is 6.07 Å². The highest BCUT2D eigenvalue weighted by atomic mass is 35.5. The molecule has 1 aromatic rings. The maximum absolute atomic E-state index is 12.9. The van der Waals surface area contributed by atoms with Gasteiger partial charge < -0.3 is 0 Å². The molecule has 0 bridgehead atoms. The number of halogens is 7. The van der Waals surface area contributed by atoms with Crippen molar-refractivity contribution in [2.75, 3.05) is 0 Å². The third kappa shape index (κ3) is 2.68. The maximum atomic E-state index is 12.9. The van der Waals surface area contributed by atoms with Crippen LogP contribution in [0.3, 0.4) is 0 Å². The molecule has 0 radical (unpaired) electrons. The van der Waals surface area contributed by atoms with Crippen molar-refractivity contribution in [3.05, 3.63) is 34.1 Å². The first-order valence-corrected chi connectivity index (χ1v) is 4.83. The van der Waals surface area contributed by atoms with Gasteiger partial charge in [-0.3, -0.25) is 0 Å². The van der Waals surface area contributed by atoms with E-state index in [9.17, 15) is 17.6 Å². The Hall–Kier alpha value is -0.190. The van der Waals surface area contributed by atoms with E-state index in [2.05, 4.69) is 0 Å². The molecule has 15 heavy (non-hydrogen) atoms. The molecule has 0 unspecified atom stereocenters. The summed E-state index contributed by atoms with van der Waals surface area (Å²) in [6, 6.07) is 1.64. The number of hydrogen-bond acceptors (Lipinski definition) is 0. The highest BCUT2D eigenvalue weighted by molar-refractivity contribution is 6.45. The van der Waals surface area contributed by atoms with Gasteiger partial charge in [-0.1, -0.05) is 17.7 Å². The Bertz CT molecular complexity index is 373. The molecule has 0 saturated heterocycles. The highest BCUT2D eigenvalue weighted by Crippen LogP contribution is 2.41. The number of alkyl halides is 5. The minimum Gasteiger partial charge on any atom is -0.206 e.